The van der Waals surface area contributed by atoms with Crippen molar-refractivity contribution in [3.05, 3.63) is 57.1 Å². The number of hydrogen-bond donors (Lipinski definition) is 2. The third kappa shape index (κ3) is 2.20. The number of imidazole rings is 1. The van der Waals surface area contributed by atoms with Crippen molar-refractivity contribution >= 4 is 16.9 Å². The number of aromatic nitrogens is 4. The van der Waals surface area contributed by atoms with Crippen LogP contribution in [0.5, 0.6) is 0 Å². The van der Waals surface area contributed by atoms with E-state index in [1.165, 1.54) is 0 Å². The van der Waals surface area contributed by atoms with Gasteiger partial charge in [-0.25, -0.2) is 4.98 Å². The molecule has 0 fully saturated rings. The predicted octanol–water partition coefficient (Wildman–Crippen LogP) is -0.331. The van der Waals surface area contributed by atoms with Crippen molar-refractivity contribution in [1.29, 1.82) is 0 Å². The van der Waals surface area contributed by atoms with Crippen molar-refractivity contribution < 1.29 is 4.79 Å². The lowest BCUT2D eigenvalue weighted by molar-refractivity contribution is -0.118. The minimum Gasteiger partial charge on any atom is -0.368 e. The second-order valence-corrected chi connectivity index (χ2v) is 4.94. The van der Waals surface area contributed by atoms with Gasteiger partial charge >= 0.3 is 11.1 Å². The van der Waals surface area contributed by atoms with Gasteiger partial charge in [-0.2, -0.15) is 0 Å². The van der Waals surface area contributed by atoms with E-state index < -0.39 is 17.0 Å². The fraction of sp³-hybridized carbons (Fsp3) is 0.143. The Morgan fingerprint density at radius 1 is 1.36 bits per heavy atom. The number of benzene rings is 1. The summed E-state index contributed by atoms with van der Waals surface area (Å²) in [6.07, 6.45) is 5.01. The lowest BCUT2D eigenvalue weighted by Gasteiger charge is -2.12. The second kappa shape index (κ2) is 4.99. The molecule has 3 aromatic rings. The summed E-state index contributed by atoms with van der Waals surface area (Å²) in [6, 6.07) is 3.45. The van der Waals surface area contributed by atoms with Crippen LogP contribution >= 0.6 is 0 Å². The molecule has 0 aliphatic carbocycles. The van der Waals surface area contributed by atoms with E-state index in [1.54, 1.807) is 35.4 Å². The minimum absolute atomic E-state index is 0.355. The molecule has 112 valence electrons. The van der Waals surface area contributed by atoms with Crippen LogP contribution in [0.25, 0.3) is 16.7 Å². The highest BCUT2D eigenvalue weighted by Gasteiger charge is 2.12. The zero-order valence-electron chi connectivity index (χ0n) is 11.7. The van der Waals surface area contributed by atoms with E-state index in [4.69, 9.17) is 5.73 Å². The van der Waals surface area contributed by atoms with Gasteiger partial charge in [0.1, 0.15) is 6.54 Å². The smallest absolute Gasteiger partial charge is 0.317 e. The summed E-state index contributed by atoms with van der Waals surface area (Å²) in [5, 5.41) is 0. The van der Waals surface area contributed by atoms with Crippen LogP contribution in [0.4, 0.5) is 0 Å². The van der Waals surface area contributed by atoms with Gasteiger partial charge in [0.25, 0.3) is 0 Å². The number of nitrogens with two attached hydrogens (primary N) is 1. The van der Waals surface area contributed by atoms with Crippen LogP contribution in [-0.4, -0.2) is 25.0 Å². The Morgan fingerprint density at radius 2 is 2.14 bits per heavy atom. The number of amides is 1. The first-order valence-corrected chi connectivity index (χ1v) is 6.51. The molecule has 2 aromatic heterocycles. The molecule has 0 aliphatic rings. The molecule has 0 saturated heterocycles. The molecule has 0 aliphatic heterocycles. The SMILES string of the molecule is Cc1cc2[nH]c(=O)c(=O)n(CC(N)=O)c2cc1-n1ccnc1. The van der Waals surface area contributed by atoms with Crippen molar-refractivity contribution in [2.24, 2.45) is 5.73 Å². The zero-order valence-corrected chi connectivity index (χ0v) is 11.7. The highest BCUT2D eigenvalue weighted by atomic mass is 16.2. The van der Waals surface area contributed by atoms with E-state index in [0.717, 1.165) is 15.8 Å². The van der Waals surface area contributed by atoms with Crippen LogP contribution in [0.15, 0.2) is 40.4 Å². The van der Waals surface area contributed by atoms with Gasteiger partial charge in [0, 0.05) is 12.4 Å². The van der Waals surface area contributed by atoms with Crippen LogP contribution in [0.2, 0.25) is 0 Å². The Kier molecular flexibility index (Phi) is 3.13. The normalized spacial score (nSPS) is 11.0. The molecule has 3 N–H and O–H groups in total. The number of nitrogens with one attached hydrogen (secondary N) is 1. The molecule has 0 radical (unpaired) electrons. The summed E-state index contributed by atoms with van der Waals surface area (Å²) < 4.78 is 2.86. The number of H-pyrrole nitrogens is 1. The van der Waals surface area contributed by atoms with E-state index in [0.29, 0.717) is 11.0 Å². The number of carbonyl (C=O) groups excluding carboxylic acids is 1. The Hall–Kier alpha value is -3.16. The summed E-state index contributed by atoms with van der Waals surface area (Å²) in [5.41, 5.74) is 6.13. The lowest BCUT2D eigenvalue weighted by atomic mass is 10.1. The van der Waals surface area contributed by atoms with Crippen LogP contribution < -0.4 is 16.9 Å². The molecular formula is C14H13N5O3. The Morgan fingerprint density at radius 3 is 2.77 bits per heavy atom. The van der Waals surface area contributed by atoms with Gasteiger partial charge in [0.05, 0.1) is 23.0 Å². The number of fused-ring (bicyclic) bond motifs is 1. The first-order chi connectivity index (χ1) is 10.5. The third-order valence-electron chi connectivity index (χ3n) is 3.39. The molecule has 8 nitrogen and oxygen atoms in total. The average Bonchev–Trinajstić information content (AvgIpc) is 2.97. The maximum Gasteiger partial charge on any atom is 0.317 e. The molecule has 2 heterocycles. The number of carbonyl (C=O) groups is 1. The number of primary amides is 1. The molecule has 1 amide bonds. The summed E-state index contributed by atoms with van der Waals surface area (Å²) in [5.74, 6) is -0.696. The Balaban J connectivity index is 2.39. The quantitative estimate of drug-likeness (QED) is 0.644. The zero-order chi connectivity index (χ0) is 15.9. The Labute approximate surface area is 123 Å². The van der Waals surface area contributed by atoms with Crippen LogP contribution in [0.1, 0.15) is 5.56 Å². The van der Waals surface area contributed by atoms with Gasteiger partial charge in [-0.1, -0.05) is 0 Å². The highest BCUT2D eigenvalue weighted by molar-refractivity contribution is 5.81. The van der Waals surface area contributed by atoms with Crippen LogP contribution in [0, 0.1) is 6.92 Å². The summed E-state index contributed by atoms with van der Waals surface area (Å²) in [4.78, 5) is 41.4. The van der Waals surface area contributed by atoms with Gasteiger partial charge in [-0.05, 0) is 24.6 Å². The highest BCUT2D eigenvalue weighted by Crippen LogP contribution is 2.20. The van der Waals surface area contributed by atoms with Crippen LogP contribution in [0.3, 0.4) is 0 Å². The molecule has 8 heteroatoms. The maximum absolute atomic E-state index is 12.0. The fourth-order valence-electron chi connectivity index (χ4n) is 2.41. The van der Waals surface area contributed by atoms with Crippen molar-refractivity contribution in [3.63, 3.8) is 0 Å². The second-order valence-electron chi connectivity index (χ2n) is 4.94. The fourth-order valence-corrected chi connectivity index (χ4v) is 2.41. The largest absolute Gasteiger partial charge is 0.368 e. The molecular weight excluding hydrogens is 286 g/mol. The summed E-state index contributed by atoms with van der Waals surface area (Å²) in [7, 11) is 0. The Bertz CT molecular complexity index is 982. The van der Waals surface area contributed by atoms with E-state index in [2.05, 4.69) is 9.97 Å². The van der Waals surface area contributed by atoms with Crippen LogP contribution in [-0.2, 0) is 11.3 Å². The van der Waals surface area contributed by atoms with Crippen molar-refractivity contribution in [1.82, 2.24) is 19.1 Å². The van der Waals surface area contributed by atoms with Gasteiger partial charge in [0.15, 0.2) is 0 Å². The standard InChI is InChI=1S/C14H13N5O3/c1-8-4-9-11(5-10(8)18-3-2-16-7-18)19(6-12(15)20)14(22)13(21)17-9/h2-5,7H,6H2,1H3,(H2,15,20)(H,17,21). The molecule has 0 spiro atoms. The molecule has 22 heavy (non-hydrogen) atoms. The predicted molar refractivity (Wildman–Crippen MR) is 79.9 cm³/mol. The maximum atomic E-state index is 12.0. The monoisotopic (exact) mass is 299 g/mol. The van der Waals surface area contributed by atoms with Crippen molar-refractivity contribution in [2.75, 3.05) is 0 Å². The molecule has 0 saturated carbocycles. The molecule has 0 bridgehead atoms. The van der Waals surface area contributed by atoms with E-state index in [9.17, 15) is 14.4 Å². The van der Waals surface area contributed by atoms with E-state index in [1.807, 2.05) is 6.92 Å². The minimum atomic E-state index is -0.813. The topological polar surface area (TPSA) is 116 Å². The third-order valence-corrected chi connectivity index (χ3v) is 3.39. The first-order valence-electron chi connectivity index (χ1n) is 6.51. The van der Waals surface area contributed by atoms with Gasteiger partial charge in [0.2, 0.25) is 5.91 Å². The molecule has 0 unspecified atom stereocenters. The van der Waals surface area contributed by atoms with E-state index >= 15 is 0 Å². The van der Waals surface area contributed by atoms with Gasteiger partial charge in [-0.3, -0.25) is 19.0 Å². The average molecular weight is 299 g/mol. The van der Waals surface area contributed by atoms with Gasteiger partial charge < -0.3 is 15.3 Å². The number of aryl methyl sites for hydroxylation is 1. The van der Waals surface area contributed by atoms with E-state index in [-0.39, 0.29) is 6.54 Å². The molecule has 0 atom stereocenters. The molecule has 3 rings (SSSR count). The first kappa shape index (κ1) is 13.8. The number of nitrogens with zero attached hydrogens (tertiary/aromatic N) is 3. The lowest BCUT2D eigenvalue weighted by Crippen LogP contribution is -2.39. The molecule has 1 aromatic carbocycles. The summed E-state index contributed by atoms with van der Waals surface area (Å²) >= 11 is 0. The number of hydrogen-bond acceptors (Lipinski definition) is 4. The van der Waals surface area contributed by atoms with Crippen molar-refractivity contribution in [2.45, 2.75) is 13.5 Å². The number of aromatic amines is 1. The number of rotatable bonds is 3. The van der Waals surface area contributed by atoms with Gasteiger partial charge in [-0.15, -0.1) is 0 Å². The van der Waals surface area contributed by atoms with Crippen molar-refractivity contribution in [3.8, 4) is 5.69 Å². The summed E-state index contributed by atoms with van der Waals surface area (Å²) in [6.45, 7) is 1.52.